The lowest BCUT2D eigenvalue weighted by Crippen LogP contribution is -2.43. The molecule has 0 fully saturated rings. The number of aryl methyl sites for hydroxylation is 1. The van der Waals surface area contributed by atoms with Gasteiger partial charge in [-0.15, -0.1) is 11.3 Å². The molecule has 8 aromatic rings. The Balaban J connectivity index is 0.000000216. The zero-order valence-corrected chi connectivity index (χ0v) is 41.0. The van der Waals surface area contributed by atoms with Gasteiger partial charge in [-0.25, -0.2) is 46.3 Å². The number of thiazole rings is 1. The van der Waals surface area contributed by atoms with Gasteiger partial charge in [0.2, 0.25) is 0 Å². The number of alkyl halides is 4. The van der Waals surface area contributed by atoms with Crippen LogP contribution in [0.1, 0.15) is 73.6 Å². The third-order valence-corrected chi connectivity index (χ3v) is 13.9. The number of rotatable bonds is 19. The van der Waals surface area contributed by atoms with E-state index in [1.54, 1.807) is 62.1 Å². The molecule has 378 valence electrons. The van der Waals surface area contributed by atoms with E-state index in [1.165, 1.54) is 61.2 Å². The number of hydrogen-bond donors (Lipinski definition) is 0. The SMILES string of the molecule is CC(C)[C@](Cn1cncn1)(Cn1cnc(/C=C/c2ccc(OCC(F)(F)C(F)F)cc2)n1)c1ccc(F)cc1F.Cc1ccc(-c2csc([C@H](C)[C@](Cn3cncn3)(c3ccc(F)cc3F)C(C)C)n2)cc1. The number of benzene rings is 4. The van der Waals surface area contributed by atoms with Crippen LogP contribution in [0.5, 0.6) is 5.75 Å². The second-order valence-electron chi connectivity index (χ2n) is 18.2. The first-order chi connectivity index (χ1) is 34.3. The highest BCUT2D eigenvalue weighted by atomic mass is 32.1. The van der Waals surface area contributed by atoms with Gasteiger partial charge in [-0.1, -0.05) is 94.8 Å². The minimum Gasteiger partial charge on any atom is -0.487 e. The van der Waals surface area contributed by atoms with Crippen molar-refractivity contribution in [2.75, 3.05) is 6.61 Å². The maximum atomic E-state index is 15.2. The molecule has 0 amide bonds. The molecule has 0 saturated carbocycles. The van der Waals surface area contributed by atoms with Crippen LogP contribution in [0, 0.1) is 42.0 Å². The van der Waals surface area contributed by atoms with Crippen LogP contribution in [0.2, 0.25) is 0 Å². The third-order valence-electron chi connectivity index (χ3n) is 12.9. The first-order valence-corrected chi connectivity index (χ1v) is 23.7. The van der Waals surface area contributed by atoms with Gasteiger partial charge in [-0.3, -0.25) is 14.0 Å². The average molecular weight is 1020 g/mol. The maximum absolute atomic E-state index is 15.2. The molecule has 0 unspecified atom stereocenters. The molecule has 0 aliphatic carbocycles. The minimum absolute atomic E-state index is 0.00776. The number of hydrogen-bond acceptors (Lipinski definition) is 9. The summed E-state index contributed by atoms with van der Waals surface area (Å²) in [5, 5.41) is 15.9. The van der Waals surface area contributed by atoms with E-state index in [2.05, 4.69) is 82.2 Å². The van der Waals surface area contributed by atoms with Crippen molar-refractivity contribution in [2.45, 2.75) is 90.3 Å². The van der Waals surface area contributed by atoms with Crippen molar-refractivity contribution in [3.8, 4) is 17.0 Å². The van der Waals surface area contributed by atoms with Crippen LogP contribution in [0.4, 0.5) is 35.1 Å². The van der Waals surface area contributed by atoms with Crippen molar-refractivity contribution >= 4 is 23.5 Å². The molecule has 0 aliphatic heterocycles. The number of nitrogens with zero attached hydrogens (tertiary/aromatic N) is 10. The first-order valence-electron chi connectivity index (χ1n) is 22.8. The molecule has 3 atom stereocenters. The highest BCUT2D eigenvalue weighted by molar-refractivity contribution is 7.10. The lowest BCUT2D eigenvalue weighted by atomic mass is 9.63. The summed E-state index contributed by atoms with van der Waals surface area (Å²) in [5.41, 5.74) is 2.95. The second kappa shape index (κ2) is 22.5. The Morgan fingerprint density at radius 1 is 0.681 bits per heavy atom. The molecule has 4 aromatic carbocycles. The zero-order valence-electron chi connectivity index (χ0n) is 40.2. The van der Waals surface area contributed by atoms with E-state index in [-0.39, 0.29) is 36.6 Å². The smallest absolute Gasteiger partial charge is 0.340 e. The predicted molar refractivity (Wildman–Crippen MR) is 258 cm³/mol. The van der Waals surface area contributed by atoms with Crippen molar-refractivity contribution in [1.82, 2.24) is 49.3 Å². The molecule has 11 nitrogen and oxygen atoms in total. The highest BCUT2D eigenvalue weighted by Gasteiger charge is 2.46. The first kappa shape index (κ1) is 52.7. The maximum Gasteiger partial charge on any atom is 0.340 e. The summed E-state index contributed by atoms with van der Waals surface area (Å²) in [4.78, 5) is 17.3. The molecule has 4 aromatic heterocycles. The topological polar surface area (TPSA) is 114 Å². The van der Waals surface area contributed by atoms with Crippen molar-refractivity contribution in [3.05, 3.63) is 178 Å². The second-order valence-corrected chi connectivity index (χ2v) is 19.0. The standard InChI is InChI=1S/C27H26F6N6O.C25H26F2N4S/c1-18(2)26(12-38-16-34-15-36-38,22-9-6-20(28)11-23(22)29)13-39-17-35-24(37-39)10-5-19-3-7-21(8-4-19)40-14-27(32,33)25(30)31;1-16(2)25(13-31-15-28-14-29-31,21-10-9-20(26)11-22(21)27)18(4)24-30-23(12-32-24)19-7-5-17(3)6-8-19/h3-11,15-18,25H,12-14H2,1-2H3;5-12,14-16,18H,13H2,1-4H3/b10-5+;/t26-;18-,25+/m00/s1. The number of ether oxygens (including phenoxy) is 1. The predicted octanol–water partition coefficient (Wildman–Crippen LogP) is 12.3. The van der Waals surface area contributed by atoms with Gasteiger partial charge in [-0.05, 0) is 65.8 Å². The van der Waals surface area contributed by atoms with Gasteiger partial charge in [0, 0.05) is 39.8 Å². The molecular formula is C52H52F8N10OS. The third kappa shape index (κ3) is 12.1. The van der Waals surface area contributed by atoms with Gasteiger partial charge in [0.25, 0.3) is 0 Å². The molecular weight excluding hydrogens is 965 g/mol. The van der Waals surface area contributed by atoms with Crippen molar-refractivity contribution in [1.29, 1.82) is 0 Å². The molecule has 0 bridgehead atoms. The van der Waals surface area contributed by atoms with Gasteiger partial charge >= 0.3 is 12.3 Å². The van der Waals surface area contributed by atoms with Gasteiger partial charge in [0.15, 0.2) is 12.4 Å². The van der Waals surface area contributed by atoms with Crippen molar-refractivity contribution < 1.29 is 39.9 Å². The molecule has 0 radical (unpaired) electrons. The highest BCUT2D eigenvalue weighted by Crippen LogP contribution is 2.48. The molecule has 0 spiro atoms. The van der Waals surface area contributed by atoms with E-state index in [9.17, 15) is 26.3 Å². The Kier molecular flexibility index (Phi) is 16.5. The Bertz CT molecular complexity index is 3020. The Labute approximate surface area is 415 Å². The fourth-order valence-electron chi connectivity index (χ4n) is 8.69. The molecule has 20 heteroatoms. The summed E-state index contributed by atoms with van der Waals surface area (Å²) in [7, 11) is 0. The van der Waals surface area contributed by atoms with E-state index >= 15 is 8.78 Å². The summed E-state index contributed by atoms with van der Waals surface area (Å²) >= 11 is 1.56. The molecule has 0 saturated heterocycles. The average Bonchev–Trinajstić information content (AvgIpc) is 4.20. The Morgan fingerprint density at radius 3 is 1.83 bits per heavy atom. The van der Waals surface area contributed by atoms with Crippen LogP contribution in [-0.2, 0) is 30.5 Å². The van der Waals surface area contributed by atoms with E-state index in [1.807, 2.05) is 19.2 Å². The summed E-state index contributed by atoms with van der Waals surface area (Å²) < 4.78 is 118. The van der Waals surface area contributed by atoms with E-state index < -0.39 is 53.1 Å². The summed E-state index contributed by atoms with van der Waals surface area (Å²) in [6, 6.07) is 21.5. The number of aromatic nitrogens is 10. The zero-order chi connectivity index (χ0) is 51.8. The van der Waals surface area contributed by atoms with E-state index in [4.69, 9.17) is 9.72 Å². The Hall–Kier alpha value is -7.09. The molecule has 4 heterocycles. The molecule has 0 aliphatic rings. The summed E-state index contributed by atoms with van der Waals surface area (Å²) in [5.74, 6) is -6.67. The van der Waals surface area contributed by atoms with Crippen LogP contribution in [0.25, 0.3) is 23.4 Å². The number of halogens is 8. The van der Waals surface area contributed by atoms with Gasteiger partial charge in [0.05, 0.1) is 30.3 Å². The monoisotopic (exact) mass is 1020 g/mol. The molecule has 0 N–H and O–H groups in total. The Morgan fingerprint density at radius 2 is 1.28 bits per heavy atom. The largest absolute Gasteiger partial charge is 0.487 e. The molecule has 72 heavy (non-hydrogen) atoms. The van der Waals surface area contributed by atoms with Gasteiger partial charge in [0.1, 0.15) is 60.7 Å². The van der Waals surface area contributed by atoms with Crippen LogP contribution in [0.3, 0.4) is 0 Å². The van der Waals surface area contributed by atoms with Crippen LogP contribution >= 0.6 is 11.3 Å². The fourth-order valence-corrected chi connectivity index (χ4v) is 9.68. The lowest BCUT2D eigenvalue weighted by molar-refractivity contribution is -0.148. The summed E-state index contributed by atoms with van der Waals surface area (Å²) in [6.07, 6.45) is 6.97. The minimum atomic E-state index is -4.24. The van der Waals surface area contributed by atoms with Gasteiger partial charge < -0.3 is 4.74 Å². The normalized spacial score (nSPS) is 14.1. The lowest BCUT2D eigenvalue weighted by Gasteiger charge is -2.42. The van der Waals surface area contributed by atoms with Gasteiger partial charge in [-0.2, -0.15) is 24.1 Å². The van der Waals surface area contributed by atoms with Crippen LogP contribution in [0.15, 0.2) is 122 Å². The van der Waals surface area contributed by atoms with Crippen molar-refractivity contribution in [3.63, 3.8) is 0 Å². The quantitative estimate of drug-likeness (QED) is 0.0736. The fraction of sp³-hybridized carbons (Fsp3) is 0.327. The van der Waals surface area contributed by atoms with Crippen LogP contribution < -0.4 is 4.74 Å². The molecule has 8 rings (SSSR count). The summed E-state index contributed by atoms with van der Waals surface area (Å²) in [6.45, 7) is 11.5. The van der Waals surface area contributed by atoms with E-state index in [0.717, 1.165) is 28.4 Å². The van der Waals surface area contributed by atoms with Crippen LogP contribution in [-0.4, -0.2) is 68.2 Å². The van der Waals surface area contributed by atoms with Crippen molar-refractivity contribution in [2.24, 2.45) is 11.8 Å². The van der Waals surface area contributed by atoms with E-state index in [0.29, 0.717) is 29.1 Å².